The Morgan fingerprint density at radius 3 is 2.45 bits per heavy atom. The summed E-state index contributed by atoms with van der Waals surface area (Å²) in [5.41, 5.74) is 1.78. The first-order valence-corrected chi connectivity index (χ1v) is 7.60. The lowest BCUT2D eigenvalue weighted by Crippen LogP contribution is -2.18. The van der Waals surface area contributed by atoms with E-state index in [2.05, 4.69) is 37.2 Å². The molecule has 0 fully saturated rings. The van der Waals surface area contributed by atoms with Gasteiger partial charge in [-0.2, -0.15) is 0 Å². The Kier molecular flexibility index (Phi) is 5.18. The van der Waals surface area contributed by atoms with Gasteiger partial charge in [-0.05, 0) is 49.0 Å². The molecule has 0 bridgehead atoms. The van der Waals surface area contributed by atoms with Crippen molar-refractivity contribution in [1.29, 1.82) is 0 Å². The fourth-order valence-corrected chi connectivity index (χ4v) is 3.04. The van der Waals surface area contributed by atoms with Crippen molar-refractivity contribution in [2.75, 3.05) is 14.2 Å². The van der Waals surface area contributed by atoms with Crippen molar-refractivity contribution >= 4 is 31.9 Å². The zero-order chi connectivity index (χ0) is 14.7. The molecule has 0 aliphatic heterocycles. The molecule has 1 unspecified atom stereocenters. The van der Waals surface area contributed by atoms with E-state index in [0.29, 0.717) is 4.47 Å². The van der Waals surface area contributed by atoms with Crippen molar-refractivity contribution < 1.29 is 9.13 Å². The van der Waals surface area contributed by atoms with Crippen LogP contribution in [-0.2, 0) is 0 Å². The molecular weight excluding hydrogens is 389 g/mol. The fraction of sp³-hybridized carbons (Fsp3) is 0.200. The van der Waals surface area contributed by atoms with Crippen LogP contribution >= 0.6 is 31.9 Å². The highest BCUT2D eigenvalue weighted by Crippen LogP contribution is 2.33. The monoisotopic (exact) mass is 401 g/mol. The van der Waals surface area contributed by atoms with Crippen LogP contribution in [0, 0.1) is 5.82 Å². The van der Waals surface area contributed by atoms with E-state index in [9.17, 15) is 4.39 Å². The number of nitrogens with one attached hydrogen (secondary N) is 1. The van der Waals surface area contributed by atoms with Crippen LogP contribution in [-0.4, -0.2) is 14.2 Å². The Morgan fingerprint density at radius 2 is 1.85 bits per heavy atom. The van der Waals surface area contributed by atoms with Crippen molar-refractivity contribution in [2.24, 2.45) is 0 Å². The van der Waals surface area contributed by atoms with Gasteiger partial charge in [-0.1, -0.05) is 31.9 Å². The third-order valence-corrected chi connectivity index (χ3v) is 3.96. The summed E-state index contributed by atoms with van der Waals surface area (Å²) >= 11 is 6.78. The molecule has 2 rings (SSSR count). The summed E-state index contributed by atoms with van der Waals surface area (Å²) < 4.78 is 20.7. The third-order valence-electron chi connectivity index (χ3n) is 3.01. The predicted octanol–water partition coefficient (Wildman–Crippen LogP) is 4.67. The molecule has 0 spiro atoms. The molecule has 1 N–H and O–H groups in total. The molecule has 2 nitrogen and oxygen atoms in total. The first kappa shape index (κ1) is 15.5. The van der Waals surface area contributed by atoms with Crippen LogP contribution in [0.4, 0.5) is 4.39 Å². The summed E-state index contributed by atoms with van der Waals surface area (Å²) in [5, 5.41) is 3.20. The molecule has 0 saturated heterocycles. The molecule has 5 heteroatoms. The highest BCUT2D eigenvalue weighted by molar-refractivity contribution is 9.10. The topological polar surface area (TPSA) is 21.3 Å². The molecular formula is C15H14Br2FNO. The van der Waals surface area contributed by atoms with E-state index >= 15 is 0 Å². The van der Waals surface area contributed by atoms with Crippen LogP contribution in [0.2, 0.25) is 0 Å². The molecule has 0 aromatic heterocycles. The van der Waals surface area contributed by atoms with Crippen LogP contribution in [0.3, 0.4) is 0 Å². The van der Waals surface area contributed by atoms with E-state index in [1.807, 2.05) is 31.3 Å². The Hall–Kier alpha value is -0.910. The van der Waals surface area contributed by atoms with E-state index in [1.54, 1.807) is 7.11 Å². The van der Waals surface area contributed by atoms with Gasteiger partial charge in [-0.15, -0.1) is 0 Å². The third kappa shape index (κ3) is 3.40. The number of methoxy groups -OCH3 is 1. The fourth-order valence-electron chi connectivity index (χ4n) is 2.17. The second-order valence-corrected chi connectivity index (χ2v) is 6.14. The Labute approximate surface area is 134 Å². The van der Waals surface area contributed by atoms with Crippen molar-refractivity contribution in [1.82, 2.24) is 5.32 Å². The summed E-state index contributed by atoms with van der Waals surface area (Å²) in [6, 6.07) is 10.5. The maximum absolute atomic E-state index is 13.6. The Bertz CT molecular complexity index is 599. The van der Waals surface area contributed by atoms with Crippen molar-refractivity contribution in [3.8, 4) is 5.75 Å². The summed E-state index contributed by atoms with van der Waals surface area (Å²) in [6.45, 7) is 0. The summed E-state index contributed by atoms with van der Waals surface area (Å²) in [5.74, 6) is 0.483. The lowest BCUT2D eigenvalue weighted by atomic mass is 9.98. The van der Waals surface area contributed by atoms with Gasteiger partial charge in [0.2, 0.25) is 0 Å². The van der Waals surface area contributed by atoms with E-state index in [-0.39, 0.29) is 11.9 Å². The van der Waals surface area contributed by atoms with E-state index in [4.69, 9.17) is 4.74 Å². The summed E-state index contributed by atoms with van der Waals surface area (Å²) in [7, 11) is 3.46. The lowest BCUT2D eigenvalue weighted by Gasteiger charge is -2.20. The van der Waals surface area contributed by atoms with Crippen LogP contribution in [0.5, 0.6) is 5.75 Å². The van der Waals surface area contributed by atoms with E-state index in [1.165, 1.54) is 12.1 Å². The molecule has 20 heavy (non-hydrogen) atoms. The van der Waals surface area contributed by atoms with Gasteiger partial charge in [0, 0.05) is 14.5 Å². The molecule has 106 valence electrons. The minimum atomic E-state index is -0.274. The van der Waals surface area contributed by atoms with Gasteiger partial charge in [-0.25, -0.2) is 4.39 Å². The first-order chi connectivity index (χ1) is 9.55. The van der Waals surface area contributed by atoms with Crippen molar-refractivity contribution in [3.05, 3.63) is 62.3 Å². The Morgan fingerprint density at radius 1 is 1.10 bits per heavy atom. The maximum Gasteiger partial charge on any atom is 0.124 e. The summed E-state index contributed by atoms with van der Waals surface area (Å²) in [4.78, 5) is 0. The van der Waals surface area contributed by atoms with Crippen LogP contribution in [0.15, 0.2) is 45.3 Å². The van der Waals surface area contributed by atoms with Gasteiger partial charge in [0.1, 0.15) is 11.6 Å². The largest absolute Gasteiger partial charge is 0.496 e. The second-order valence-electron chi connectivity index (χ2n) is 4.31. The molecule has 2 aromatic carbocycles. The van der Waals surface area contributed by atoms with Gasteiger partial charge in [-0.3, -0.25) is 0 Å². The predicted molar refractivity (Wildman–Crippen MR) is 85.7 cm³/mol. The molecule has 0 aliphatic carbocycles. The normalized spacial score (nSPS) is 12.2. The molecule has 0 amide bonds. The van der Waals surface area contributed by atoms with Gasteiger partial charge in [0.05, 0.1) is 13.2 Å². The van der Waals surface area contributed by atoms with Gasteiger partial charge < -0.3 is 10.1 Å². The van der Waals surface area contributed by atoms with Crippen LogP contribution in [0.1, 0.15) is 17.2 Å². The smallest absolute Gasteiger partial charge is 0.124 e. The lowest BCUT2D eigenvalue weighted by molar-refractivity contribution is 0.405. The maximum atomic E-state index is 13.6. The van der Waals surface area contributed by atoms with Crippen LogP contribution < -0.4 is 10.1 Å². The molecule has 2 aromatic rings. The molecule has 0 saturated carbocycles. The van der Waals surface area contributed by atoms with Gasteiger partial charge in [0.25, 0.3) is 0 Å². The Balaban J connectivity index is 2.54. The zero-order valence-electron chi connectivity index (χ0n) is 11.1. The average molecular weight is 403 g/mol. The quantitative estimate of drug-likeness (QED) is 0.802. The van der Waals surface area contributed by atoms with Crippen molar-refractivity contribution in [2.45, 2.75) is 6.04 Å². The number of halogens is 3. The highest BCUT2D eigenvalue weighted by Gasteiger charge is 2.18. The van der Waals surface area contributed by atoms with Crippen molar-refractivity contribution in [3.63, 3.8) is 0 Å². The second kappa shape index (κ2) is 6.70. The minimum absolute atomic E-state index is 0.158. The van der Waals surface area contributed by atoms with Crippen LogP contribution in [0.25, 0.3) is 0 Å². The highest BCUT2D eigenvalue weighted by atomic mass is 79.9. The van der Waals surface area contributed by atoms with E-state index in [0.717, 1.165) is 21.3 Å². The molecule has 0 heterocycles. The van der Waals surface area contributed by atoms with Gasteiger partial charge in [0.15, 0.2) is 0 Å². The molecule has 1 atom stereocenters. The summed E-state index contributed by atoms with van der Waals surface area (Å²) in [6.07, 6.45) is 0. The number of ether oxygens (including phenoxy) is 1. The standard InChI is InChI=1S/C15H14Br2FNO/c1-19-15(9-5-11(17)7-12(18)6-9)13-8-10(16)3-4-14(13)20-2/h3-8,15,19H,1-2H3. The zero-order valence-corrected chi connectivity index (χ0v) is 14.3. The first-order valence-electron chi connectivity index (χ1n) is 6.02. The minimum Gasteiger partial charge on any atom is -0.496 e. The molecule has 0 aliphatic rings. The SMILES string of the molecule is CNC(c1cc(F)cc(Br)c1)c1cc(Br)ccc1OC. The van der Waals surface area contributed by atoms with Gasteiger partial charge >= 0.3 is 0 Å². The number of hydrogen-bond acceptors (Lipinski definition) is 2. The van der Waals surface area contributed by atoms with E-state index < -0.39 is 0 Å². The number of hydrogen-bond donors (Lipinski definition) is 1. The molecule has 0 radical (unpaired) electrons. The number of benzene rings is 2. The number of rotatable bonds is 4. The average Bonchev–Trinajstić information content (AvgIpc) is 2.39.